The van der Waals surface area contributed by atoms with Gasteiger partial charge in [0, 0.05) is 12.6 Å². The molecule has 1 saturated heterocycles. The van der Waals surface area contributed by atoms with Crippen molar-refractivity contribution >= 4 is 23.2 Å². The summed E-state index contributed by atoms with van der Waals surface area (Å²) in [5, 5.41) is 1.21. The average Bonchev–Trinajstić information content (AvgIpc) is 2.78. The van der Waals surface area contributed by atoms with Crippen molar-refractivity contribution in [2.45, 2.75) is 18.9 Å². The molecule has 4 heteroatoms. The average molecular weight is 259 g/mol. The number of hydrogen-bond acceptors (Lipinski definition) is 2. The van der Waals surface area contributed by atoms with E-state index in [2.05, 4.69) is 4.90 Å². The summed E-state index contributed by atoms with van der Waals surface area (Å²) < 4.78 is 0. The minimum atomic E-state index is 0.275. The van der Waals surface area contributed by atoms with E-state index < -0.39 is 0 Å². The predicted molar refractivity (Wildman–Crippen MR) is 69.1 cm³/mol. The largest absolute Gasteiger partial charge is 0.329 e. The van der Waals surface area contributed by atoms with E-state index in [0.717, 1.165) is 13.1 Å². The van der Waals surface area contributed by atoms with Gasteiger partial charge >= 0.3 is 0 Å². The molecule has 0 radical (unpaired) electrons. The van der Waals surface area contributed by atoms with Crippen LogP contribution in [-0.2, 0) is 0 Å². The van der Waals surface area contributed by atoms with Gasteiger partial charge in [-0.05, 0) is 43.6 Å². The molecule has 0 saturated carbocycles. The summed E-state index contributed by atoms with van der Waals surface area (Å²) in [6.07, 6.45) is 2.52. The lowest BCUT2D eigenvalue weighted by Crippen LogP contribution is -2.31. The highest BCUT2D eigenvalue weighted by molar-refractivity contribution is 6.42. The lowest BCUT2D eigenvalue weighted by atomic mass is 10.1. The lowest BCUT2D eigenvalue weighted by Gasteiger charge is -2.26. The minimum absolute atomic E-state index is 0.275. The zero-order valence-corrected chi connectivity index (χ0v) is 10.6. The van der Waals surface area contributed by atoms with Crippen LogP contribution in [-0.4, -0.2) is 24.5 Å². The normalized spacial score (nSPS) is 18.9. The quantitative estimate of drug-likeness (QED) is 0.903. The van der Waals surface area contributed by atoms with Crippen LogP contribution in [0.25, 0.3) is 0 Å². The van der Waals surface area contributed by atoms with Crippen molar-refractivity contribution in [1.29, 1.82) is 0 Å². The number of likely N-dealkylation sites (tertiary alicyclic amines) is 1. The second-order valence-corrected chi connectivity index (χ2v) is 4.98. The van der Waals surface area contributed by atoms with Gasteiger partial charge in [-0.25, -0.2) is 0 Å². The van der Waals surface area contributed by atoms with E-state index in [1.54, 1.807) is 0 Å². The van der Waals surface area contributed by atoms with E-state index in [1.807, 2.05) is 18.2 Å². The van der Waals surface area contributed by atoms with E-state index in [9.17, 15) is 0 Å². The van der Waals surface area contributed by atoms with Crippen molar-refractivity contribution in [2.75, 3.05) is 19.6 Å². The number of nitrogens with zero attached hydrogens (tertiary/aromatic N) is 1. The molecule has 2 nitrogen and oxygen atoms in total. The molecule has 16 heavy (non-hydrogen) atoms. The fraction of sp³-hybridized carbons (Fsp3) is 0.500. The molecule has 1 atom stereocenters. The summed E-state index contributed by atoms with van der Waals surface area (Å²) in [6, 6.07) is 6.07. The fourth-order valence-corrected chi connectivity index (χ4v) is 2.58. The summed E-state index contributed by atoms with van der Waals surface area (Å²) in [5.41, 5.74) is 7.02. The number of benzene rings is 1. The van der Waals surface area contributed by atoms with Gasteiger partial charge in [0.1, 0.15) is 0 Å². The zero-order valence-electron chi connectivity index (χ0n) is 9.13. The SMILES string of the molecule is NC[C@H](c1ccc(Cl)c(Cl)c1)N1CCCC1. The molecule has 1 aliphatic rings. The molecule has 1 fully saturated rings. The van der Waals surface area contributed by atoms with E-state index in [1.165, 1.54) is 18.4 Å². The van der Waals surface area contributed by atoms with Crippen LogP contribution in [0.4, 0.5) is 0 Å². The first-order chi connectivity index (χ1) is 7.72. The molecule has 0 aromatic heterocycles. The Balaban J connectivity index is 2.22. The molecule has 1 heterocycles. The maximum Gasteiger partial charge on any atom is 0.0595 e. The highest BCUT2D eigenvalue weighted by atomic mass is 35.5. The first-order valence-electron chi connectivity index (χ1n) is 5.61. The van der Waals surface area contributed by atoms with Crippen molar-refractivity contribution < 1.29 is 0 Å². The van der Waals surface area contributed by atoms with Crippen LogP contribution in [0.15, 0.2) is 18.2 Å². The Labute approximate surface area is 106 Å². The smallest absolute Gasteiger partial charge is 0.0595 e. The molecule has 0 unspecified atom stereocenters. The minimum Gasteiger partial charge on any atom is -0.329 e. The van der Waals surface area contributed by atoms with Crippen molar-refractivity contribution in [2.24, 2.45) is 5.73 Å². The van der Waals surface area contributed by atoms with Crippen molar-refractivity contribution in [1.82, 2.24) is 4.90 Å². The van der Waals surface area contributed by atoms with Crippen LogP contribution in [0.5, 0.6) is 0 Å². The molecule has 0 aliphatic carbocycles. The summed E-state index contributed by atoms with van der Waals surface area (Å²) in [4.78, 5) is 2.42. The van der Waals surface area contributed by atoms with Crippen LogP contribution in [0.1, 0.15) is 24.4 Å². The van der Waals surface area contributed by atoms with Crippen LogP contribution >= 0.6 is 23.2 Å². The summed E-state index contributed by atoms with van der Waals surface area (Å²) in [7, 11) is 0. The molecule has 88 valence electrons. The number of nitrogens with two attached hydrogens (primary N) is 1. The molecule has 1 aromatic rings. The monoisotopic (exact) mass is 258 g/mol. The second-order valence-electron chi connectivity index (χ2n) is 4.17. The zero-order chi connectivity index (χ0) is 11.5. The van der Waals surface area contributed by atoms with Crippen molar-refractivity contribution in [3.63, 3.8) is 0 Å². The number of halogens is 2. The van der Waals surface area contributed by atoms with Gasteiger partial charge < -0.3 is 5.73 Å². The van der Waals surface area contributed by atoms with Gasteiger partial charge in [0.05, 0.1) is 10.0 Å². The second kappa shape index (κ2) is 5.37. The van der Waals surface area contributed by atoms with E-state index >= 15 is 0 Å². The van der Waals surface area contributed by atoms with Gasteiger partial charge in [0.25, 0.3) is 0 Å². The Hall–Kier alpha value is -0.280. The van der Waals surface area contributed by atoms with Gasteiger partial charge in [0.15, 0.2) is 0 Å². The molecular weight excluding hydrogens is 243 g/mol. The maximum absolute atomic E-state index is 6.03. The third kappa shape index (κ3) is 2.51. The van der Waals surface area contributed by atoms with Gasteiger partial charge in [-0.2, -0.15) is 0 Å². The van der Waals surface area contributed by atoms with Crippen molar-refractivity contribution in [3.05, 3.63) is 33.8 Å². The molecular formula is C12H16Cl2N2. The number of hydrogen-bond donors (Lipinski definition) is 1. The highest BCUT2D eigenvalue weighted by Gasteiger charge is 2.22. The van der Waals surface area contributed by atoms with Crippen molar-refractivity contribution in [3.8, 4) is 0 Å². The number of rotatable bonds is 3. The Kier molecular flexibility index (Phi) is 4.09. The van der Waals surface area contributed by atoms with Gasteiger partial charge in [0.2, 0.25) is 0 Å². The molecule has 2 N–H and O–H groups in total. The molecule has 0 spiro atoms. The fourth-order valence-electron chi connectivity index (χ4n) is 2.27. The molecule has 1 aliphatic heterocycles. The van der Waals surface area contributed by atoms with Crippen LogP contribution in [0.3, 0.4) is 0 Å². The Morgan fingerprint density at radius 3 is 2.44 bits per heavy atom. The Bertz CT molecular complexity index is 362. The Morgan fingerprint density at radius 1 is 1.19 bits per heavy atom. The van der Waals surface area contributed by atoms with Crippen LogP contribution in [0.2, 0.25) is 10.0 Å². The van der Waals surface area contributed by atoms with Crippen LogP contribution in [0, 0.1) is 0 Å². The summed E-state index contributed by atoms with van der Waals surface area (Å²) >= 11 is 11.9. The van der Waals surface area contributed by atoms with Gasteiger partial charge in [-0.3, -0.25) is 4.90 Å². The summed E-state index contributed by atoms with van der Waals surface area (Å²) in [5.74, 6) is 0. The highest BCUT2D eigenvalue weighted by Crippen LogP contribution is 2.29. The Morgan fingerprint density at radius 2 is 1.88 bits per heavy atom. The van der Waals surface area contributed by atoms with Gasteiger partial charge in [-0.1, -0.05) is 29.3 Å². The van der Waals surface area contributed by atoms with E-state index in [0.29, 0.717) is 16.6 Å². The van der Waals surface area contributed by atoms with E-state index in [4.69, 9.17) is 28.9 Å². The molecule has 1 aromatic carbocycles. The lowest BCUT2D eigenvalue weighted by molar-refractivity contribution is 0.251. The third-order valence-corrected chi connectivity index (χ3v) is 3.87. The third-order valence-electron chi connectivity index (χ3n) is 3.13. The van der Waals surface area contributed by atoms with E-state index in [-0.39, 0.29) is 6.04 Å². The first kappa shape index (κ1) is 12.2. The topological polar surface area (TPSA) is 29.3 Å². The molecule has 2 rings (SSSR count). The van der Waals surface area contributed by atoms with Gasteiger partial charge in [-0.15, -0.1) is 0 Å². The molecule has 0 amide bonds. The first-order valence-corrected chi connectivity index (χ1v) is 6.37. The van der Waals surface area contributed by atoms with Crippen LogP contribution < -0.4 is 5.73 Å². The standard InChI is InChI=1S/C12H16Cl2N2/c13-10-4-3-9(7-11(10)14)12(8-15)16-5-1-2-6-16/h3-4,7,12H,1-2,5-6,8,15H2/t12-/m1/s1. The summed E-state index contributed by atoms with van der Waals surface area (Å²) in [6.45, 7) is 2.88. The maximum atomic E-state index is 6.03. The predicted octanol–water partition coefficient (Wildman–Crippen LogP) is 3.09. The molecule has 0 bridgehead atoms.